The summed E-state index contributed by atoms with van der Waals surface area (Å²) in [5.41, 5.74) is 3.68. The number of aromatic nitrogens is 4. The molecule has 0 fully saturated rings. The zero-order valence-corrected chi connectivity index (χ0v) is 13.5. The number of anilines is 1. The summed E-state index contributed by atoms with van der Waals surface area (Å²) in [7, 11) is 0. The maximum atomic E-state index is 9.11. The summed E-state index contributed by atoms with van der Waals surface area (Å²) in [6.45, 7) is 1.34. The fourth-order valence-electron chi connectivity index (χ4n) is 3.58. The van der Waals surface area contributed by atoms with Crippen molar-refractivity contribution in [3.63, 3.8) is 0 Å². The van der Waals surface area contributed by atoms with Gasteiger partial charge in [-0.25, -0.2) is 14.6 Å². The molecule has 1 aliphatic carbocycles. The molecule has 4 rings (SSSR count). The molecule has 2 heterocycles. The molecule has 124 valence electrons. The van der Waals surface area contributed by atoms with Crippen LogP contribution in [0.25, 0.3) is 11.0 Å². The van der Waals surface area contributed by atoms with Gasteiger partial charge in [0.25, 0.3) is 0 Å². The van der Waals surface area contributed by atoms with Gasteiger partial charge in [-0.05, 0) is 30.4 Å². The van der Waals surface area contributed by atoms with Crippen molar-refractivity contribution in [2.24, 2.45) is 0 Å². The molecule has 6 heteroatoms. The SMILES string of the molecule is OCCn1ncc2c(NC[C@@H]3CCCc4ccccc43)ncnc21. The topological polar surface area (TPSA) is 75.9 Å². The first-order valence-electron chi connectivity index (χ1n) is 8.46. The molecule has 6 nitrogen and oxygen atoms in total. The standard InChI is InChI=1S/C18H21N5O/c24-9-8-23-18-16(11-22-23)17(20-12-21-18)19-10-14-6-3-5-13-4-1-2-7-15(13)14/h1-2,4,7,11-12,14,24H,3,5-6,8-10H2,(H,19,20,21)/t14-/m0/s1. The van der Waals surface area contributed by atoms with Crippen molar-refractivity contribution in [2.75, 3.05) is 18.5 Å². The van der Waals surface area contributed by atoms with Crippen LogP contribution in [0.15, 0.2) is 36.8 Å². The van der Waals surface area contributed by atoms with Gasteiger partial charge in [0.15, 0.2) is 5.65 Å². The van der Waals surface area contributed by atoms with Crippen molar-refractivity contribution in [1.82, 2.24) is 19.7 Å². The quantitative estimate of drug-likeness (QED) is 0.754. The molecule has 0 saturated heterocycles. The summed E-state index contributed by atoms with van der Waals surface area (Å²) >= 11 is 0. The van der Waals surface area contributed by atoms with Gasteiger partial charge in [-0.1, -0.05) is 24.3 Å². The van der Waals surface area contributed by atoms with E-state index in [1.807, 2.05) is 0 Å². The van der Waals surface area contributed by atoms with Crippen molar-refractivity contribution in [2.45, 2.75) is 31.7 Å². The Hall–Kier alpha value is -2.47. The number of rotatable bonds is 5. The van der Waals surface area contributed by atoms with Crippen molar-refractivity contribution in [1.29, 1.82) is 0 Å². The molecule has 0 aliphatic heterocycles. The van der Waals surface area contributed by atoms with Crippen LogP contribution >= 0.6 is 0 Å². The molecule has 24 heavy (non-hydrogen) atoms. The van der Waals surface area contributed by atoms with E-state index in [1.165, 1.54) is 30.4 Å². The van der Waals surface area contributed by atoms with E-state index in [-0.39, 0.29) is 6.61 Å². The van der Waals surface area contributed by atoms with Crippen molar-refractivity contribution in [3.05, 3.63) is 47.9 Å². The third-order valence-electron chi connectivity index (χ3n) is 4.75. The number of benzene rings is 1. The van der Waals surface area contributed by atoms with Crippen LogP contribution in [0.4, 0.5) is 5.82 Å². The molecule has 0 amide bonds. The fraction of sp³-hybridized carbons (Fsp3) is 0.389. The van der Waals surface area contributed by atoms with Gasteiger partial charge in [-0.15, -0.1) is 0 Å². The molecule has 1 aliphatic rings. The summed E-state index contributed by atoms with van der Waals surface area (Å²) in [5, 5.41) is 17.8. The van der Waals surface area contributed by atoms with E-state index in [2.05, 4.69) is 44.6 Å². The minimum absolute atomic E-state index is 0.0441. The Morgan fingerprint density at radius 2 is 2.17 bits per heavy atom. The van der Waals surface area contributed by atoms with Crippen LogP contribution in [-0.4, -0.2) is 38.0 Å². The van der Waals surface area contributed by atoms with Crippen molar-refractivity contribution in [3.8, 4) is 0 Å². The summed E-state index contributed by atoms with van der Waals surface area (Å²) in [4.78, 5) is 8.67. The van der Waals surface area contributed by atoms with Gasteiger partial charge in [0.1, 0.15) is 12.1 Å². The zero-order chi connectivity index (χ0) is 16.4. The molecule has 2 aromatic heterocycles. The van der Waals surface area contributed by atoms with Gasteiger partial charge in [-0.2, -0.15) is 5.10 Å². The van der Waals surface area contributed by atoms with Crippen LogP contribution in [0.5, 0.6) is 0 Å². The Balaban J connectivity index is 1.56. The highest BCUT2D eigenvalue weighted by molar-refractivity contribution is 5.86. The highest BCUT2D eigenvalue weighted by atomic mass is 16.3. The third kappa shape index (κ3) is 2.73. The number of aliphatic hydroxyl groups excluding tert-OH is 1. The van der Waals surface area contributed by atoms with E-state index < -0.39 is 0 Å². The lowest BCUT2D eigenvalue weighted by Crippen LogP contribution is -2.18. The first kappa shape index (κ1) is 15.1. The second-order valence-corrected chi connectivity index (χ2v) is 6.22. The Bertz CT molecular complexity index is 844. The Morgan fingerprint density at radius 3 is 3.08 bits per heavy atom. The second-order valence-electron chi connectivity index (χ2n) is 6.22. The third-order valence-corrected chi connectivity index (χ3v) is 4.75. The van der Waals surface area contributed by atoms with E-state index in [1.54, 1.807) is 17.2 Å². The van der Waals surface area contributed by atoms with Gasteiger partial charge in [0.05, 0.1) is 24.7 Å². The summed E-state index contributed by atoms with van der Waals surface area (Å²) < 4.78 is 1.71. The Kier molecular flexibility index (Phi) is 4.13. The lowest BCUT2D eigenvalue weighted by molar-refractivity contribution is 0.271. The van der Waals surface area contributed by atoms with Crippen molar-refractivity contribution < 1.29 is 5.11 Å². The van der Waals surface area contributed by atoms with E-state index in [4.69, 9.17) is 5.11 Å². The van der Waals surface area contributed by atoms with E-state index in [0.29, 0.717) is 12.5 Å². The van der Waals surface area contributed by atoms with Gasteiger partial charge in [-0.3, -0.25) is 0 Å². The van der Waals surface area contributed by atoms with E-state index in [0.717, 1.165) is 23.4 Å². The lowest BCUT2D eigenvalue weighted by atomic mass is 9.83. The first-order valence-corrected chi connectivity index (χ1v) is 8.46. The summed E-state index contributed by atoms with van der Waals surface area (Å²) in [5.74, 6) is 1.32. The van der Waals surface area contributed by atoms with Crippen LogP contribution in [0, 0.1) is 0 Å². The van der Waals surface area contributed by atoms with Gasteiger partial charge in [0, 0.05) is 12.5 Å². The molecular formula is C18H21N5O. The van der Waals surface area contributed by atoms with Gasteiger partial charge >= 0.3 is 0 Å². The maximum Gasteiger partial charge on any atom is 0.163 e. The number of hydrogen-bond donors (Lipinski definition) is 2. The normalized spacial score (nSPS) is 17.0. The van der Waals surface area contributed by atoms with E-state index in [9.17, 15) is 0 Å². The molecule has 0 unspecified atom stereocenters. The highest BCUT2D eigenvalue weighted by Crippen LogP contribution is 2.32. The number of hydrogen-bond acceptors (Lipinski definition) is 5. The maximum absolute atomic E-state index is 9.11. The number of aliphatic hydroxyl groups is 1. The van der Waals surface area contributed by atoms with E-state index >= 15 is 0 Å². The summed E-state index contributed by atoms with van der Waals surface area (Å²) in [6.07, 6.45) is 6.93. The lowest BCUT2D eigenvalue weighted by Gasteiger charge is -2.25. The molecule has 3 aromatic rings. The average Bonchev–Trinajstić information content (AvgIpc) is 3.04. The van der Waals surface area contributed by atoms with Crippen LogP contribution in [-0.2, 0) is 13.0 Å². The number of fused-ring (bicyclic) bond motifs is 2. The summed E-state index contributed by atoms with van der Waals surface area (Å²) in [6, 6.07) is 8.73. The highest BCUT2D eigenvalue weighted by Gasteiger charge is 2.20. The van der Waals surface area contributed by atoms with Crippen LogP contribution < -0.4 is 5.32 Å². The Labute approximate surface area is 140 Å². The molecule has 2 N–H and O–H groups in total. The number of nitrogens with zero attached hydrogens (tertiary/aromatic N) is 4. The predicted octanol–water partition coefficient (Wildman–Crippen LogP) is 2.35. The minimum Gasteiger partial charge on any atom is -0.394 e. The number of nitrogens with one attached hydrogen (secondary N) is 1. The largest absolute Gasteiger partial charge is 0.394 e. The van der Waals surface area contributed by atoms with Gasteiger partial charge < -0.3 is 10.4 Å². The first-order chi connectivity index (χ1) is 11.9. The van der Waals surface area contributed by atoms with Crippen LogP contribution in [0.1, 0.15) is 29.9 Å². The predicted molar refractivity (Wildman–Crippen MR) is 93.0 cm³/mol. The molecule has 0 radical (unpaired) electrons. The van der Waals surface area contributed by atoms with Gasteiger partial charge in [0.2, 0.25) is 0 Å². The smallest absolute Gasteiger partial charge is 0.163 e. The molecular weight excluding hydrogens is 302 g/mol. The molecule has 0 bridgehead atoms. The number of aryl methyl sites for hydroxylation is 1. The molecule has 1 aromatic carbocycles. The Morgan fingerprint density at radius 1 is 1.25 bits per heavy atom. The molecule has 1 atom stereocenters. The minimum atomic E-state index is 0.0441. The van der Waals surface area contributed by atoms with Crippen LogP contribution in [0.3, 0.4) is 0 Å². The average molecular weight is 323 g/mol. The zero-order valence-electron chi connectivity index (χ0n) is 13.5. The van der Waals surface area contributed by atoms with Crippen LogP contribution in [0.2, 0.25) is 0 Å². The van der Waals surface area contributed by atoms with Crippen molar-refractivity contribution >= 4 is 16.9 Å². The fourth-order valence-corrected chi connectivity index (χ4v) is 3.58. The molecule has 0 spiro atoms. The second kappa shape index (κ2) is 6.57. The molecule has 0 saturated carbocycles. The monoisotopic (exact) mass is 323 g/mol.